The first-order valence-electron chi connectivity index (χ1n) is 5.63. The van der Waals surface area contributed by atoms with Crippen molar-refractivity contribution in [1.29, 1.82) is 0 Å². The average molecular weight is 378 g/mol. The van der Waals surface area contributed by atoms with Gasteiger partial charge in [0.25, 0.3) is 0 Å². The minimum Gasteiger partial charge on any atom is -0.545 e. The number of carboxylic acids is 2. The third kappa shape index (κ3) is 3.15. The van der Waals surface area contributed by atoms with E-state index in [9.17, 15) is 19.8 Å². The highest BCUT2D eigenvalue weighted by molar-refractivity contribution is 6.41. The fourth-order valence-electron chi connectivity index (χ4n) is 1.98. The number of benzene rings is 2. The van der Waals surface area contributed by atoms with E-state index in [0.717, 1.165) is 12.1 Å². The molecule has 0 fully saturated rings. The largest absolute Gasteiger partial charge is 0.545 e. The van der Waals surface area contributed by atoms with Crippen LogP contribution in [0.2, 0.25) is 20.1 Å². The summed E-state index contributed by atoms with van der Waals surface area (Å²) in [5.41, 5.74) is -1.06. The Kier molecular flexibility index (Phi) is 4.87. The quantitative estimate of drug-likeness (QED) is 0.823. The Balaban J connectivity index is 2.94. The van der Waals surface area contributed by atoms with Gasteiger partial charge in [-0.2, -0.15) is 0 Å². The lowest BCUT2D eigenvalue weighted by atomic mass is 9.95. The van der Waals surface area contributed by atoms with E-state index in [0.29, 0.717) is 0 Å². The second kappa shape index (κ2) is 6.34. The smallest absolute Gasteiger partial charge is 0.0722 e. The summed E-state index contributed by atoms with van der Waals surface area (Å²) in [6, 6.07) is 4.69. The van der Waals surface area contributed by atoms with Crippen molar-refractivity contribution < 1.29 is 19.8 Å². The molecule has 0 unspecified atom stereocenters. The Morgan fingerprint density at radius 1 is 0.682 bits per heavy atom. The lowest BCUT2D eigenvalue weighted by Crippen LogP contribution is -2.25. The first-order valence-corrected chi connectivity index (χ1v) is 7.14. The SMILES string of the molecule is O=C([O-])c1cc(Cl)cc(Cl)c1-c1c(Cl)cc(Cl)cc1C(=O)[O-]. The van der Waals surface area contributed by atoms with Crippen LogP contribution >= 0.6 is 46.4 Å². The molecule has 8 heteroatoms. The van der Waals surface area contributed by atoms with E-state index >= 15 is 0 Å². The molecule has 0 aliphatic carbocycles. The van der Waals surface area contributed by atoms with Crippen LogP contribution in [0.1, 0.15) is 20.7 Å². The number of carboxylic acid groups (broad SMARTS) is 2. The summed E-state index contributed by atoms with van der Waals surface area (Å²) in [7, 11) is 0. The molecule has 22 heavy (non-hydrogen) atoms. The third-order valence-electron chi connectivity index (χ3n) is 2.80. The molecule has 114 valence electrons. The zero-order valence-corrected chi connectivity index (χ0v) is 13.5. The van der Waals surface area contributed by atoms with E-state index in [1.807, 2.05) is 0 Å². The summed E-state index contributed by atoms with van der Waals surface area (Å²) in [5, 5.41) is 22.5. The zero-order valence-electron chi connectivity index (χ0n) is 10.5. The molecule has 0 spiro atoms. The number of hydrogen-bond acceptors (Lipinski definition) is 4. The molecule has 0 saturated carbocycles. The van der Waals surface area contributed by atoms with Crippen molar-refractivity contribution >= 4 is 58.3 Å². The summed E-state index contributed by atoms with van der Waals surface area (Å²) in [6.45, 7) is 0. The minimum absolute atomic E-state index is 0.0491. The summed E-state index contributed by atoms with van der Waals surface area (Å²) in [4.78, 5) is 22.6. The van der Waals surface area contributed by atoms with Crippen molar-refractivity contribution in [3.05, 3.63) is 55.5 Å². The van der Waals surface area contributed by atoms with Crippen LogP contribution in [0.25, 0.3) is 11.1 Å². The maximum atomic E-state index is 11.3. The van der Waals surface area contributed by atoms with Gasteiger partial charge in [0.15, 0.2) is 0 Å². The topological polar surface area (TPSA) is 80.3 Å². The first kappa shape index (κ1) is 16.9. The van der Waals surface area contributed by atoms with Gasteiger partial charge in [0.1, 0.15) is 0 Å². The summed E-state index contributed by atoms with van der Waals surface area (Å²) in [6.07, 6.45) is 0. The van der Waals surface area contributed by atoms with Crippen molar-refractivity contribution in [3.63, 3.8) is 0 Å². The van der Waals surface area contributed by atoms with E-state index in [-0.39, 0.29) is 31.2 Å². The zero-order chi connectivity index (χ0) is 16.6. The molecule has 2 aromatic carbocycles. The lowest BCUT2D eigenvalue weighted by Gasteiger charge is -2.19. The Morgan fingerprint density at radius 3 is 1.27 bits per heavy atom. The molecular weight excluding hydrogens is 374 g/mol. The maximum Gasteiger partial charge on any atom is 0.0722 e. The monoisotopic (exact) mass is 376 g/mol. The number of aromatic carboxylic acids is 2. The van der Waals surface area contributed by atoms with Crippen molar-refractivity contribution in [2.45, 2.75) is 0 Å². The molecular formula is C14H4Cl4O4-2. The third-order valence-corrected chi connectivity index (χ3v) is 3.83. The minimum atomic E-state index is -1.59. The first-order chi connectivity index (χ1) is 10.2. The Labute approximate surface area is 144 Å². The van der Waals surface area contributed by atoms with Gasteiger partial charge in [0.2, 0.25) is 0 Å². The van der Waals surface area contributed by atoms with Crippen LogP contribution in [-0.4, -0.2) is 11.9 Å². The highest BCUT2D eigenvalue weighted by Crippen LogP contribution is 2.41. The molecule has 0 heterocycles. The second-order valence-electron chi connectivity index (χ2n) is 4.20. The molecule has 4 nitrogen and oxygen atoms in total. The number of carbonyl (C=O) groups excluding carboxylic acids is 2. The van der Waals surface area contributed by atoms with Crippen LogP contribution in [0.5, 0.6) is 0 Å². The summed E-state index contributed by atoms with van der Waals surface area (Å²) < 4.78 is 0. The van der Waals surface area contributed by atoms with Gasteiger partial charge < -0.3 is 19.8 Å². The van der Waals surface area contributed by atoms with Crippen LogP contribution in [0.4, 0.5) is 0 Å². The Morgan fingerprint density at radius 2 is 1.00 bits per heavy atom. The van der Waals surface area contributed by atoms with Crippen LogP contribution in [0.3, 0.4) is 0 Å². The fourth-order valence-corrected chi connectivity index (χ4v) is 3.15. The molecule has 0 N–H and O–H groups in total. The highest BCUT2D eigenvalue weighted by Gasteiger charge is 2.20. The second-order valence-corrected chi connectivity index (χ2v) is 5.88. The van der Waals surface area contributed by atoms with Crippen LogP contribution in [0.15, 0.2) is 24.3 Å². The molecule has 0 amide bonds. The van der Waals surface area contributed by atoms with Gasteiger partial charge in [-0.15, -0.1) is 0 Å². The maximum absolute atomic E-state index is 11.3. The lowest BCUT2D eigenvalue weighted by molar-refractivity contribution is -0.256. The van der Waals surface area contributed by atoms with Gasteiger partial charge in [-0.25, -0.2) is 0 Å². The van der Waals surface area contributed by atoms with E-state index in [2.05, 4.69) is 0 Å². The number of halogens is 4. The summed E-state index contributed by atoms with van der Waals surface area (Å²) >= 11 is 23.6. The molecule has 0 bridgehead atoms. The molecule has 2 aromatic rings. The van der Waals surface area contributed by atoms with Gasteiger partial charge in [-0.3, -0.25) is 0 Å². The van der Waals surface area contributed by atoms with E-state index in [1.54, 1.807) is 0 Å². The van der Waals surface area contributed by atoms with E-state index in [4.69, 9.17) is 46.4 Å². The molecule has 0 aliphatic heterocycles. The average Bonchev–Trinajstić information content (AvgIpc) is 2.38. The van der Waals surface area contributed by atoms with Crippen molar-refractivity contribution in [1.82, 2.24) is 0 Å². The molecule has 0 saturated heterocycles. The Hall–Kier alpha value is -1.46. The van der Waals surface area contributed by atoms with E-state index in [1.165, 1.54) is 12.1 Å². The van der Waals surface area contributed by atoms with Crippen LogP contribution in [0, 0.1) is 0 Å². The van der Waals surface area contributed by atoms with Gasteiger partial charge in [-0.1, -0.05) is 46.4 Å². The molecule has 2 rings (SSSR count). The molecule has 0 aliphatic rings. The van der Waals surface area contributed by atoms with E-state index < -0.39 is 23.1 Å². The van der Waals surface area contributed by atoms with Crippen molar-refractivity contribution in [2.24, 2.45) is 0 Å². The number of rotatable bonds is 3. The normalized spacial score (nSPS) is 10.5. The van der Waals surface area contributed by atoms with Crippen LogP contribution in [-0.2, 0) is 0 Å². The van der Waals surface area contributed by atoms with Gasteiger partial charge in [-0.05, 0) is 24.3 Å². The fraction of sp³-hybridized carbons (Fsp3) is 0. The van der Waals surface area contributed by atoms with Crippen LogP contribution < -0.4 is 10.2 Å². The Bertz CT molecular complexity index is 734. The van der Waals surface area contributed by atoms with Crippen molar-refractivity contribution in [3.8, 4) is 11.1 Å². The highest BCUT2D eigenvalue weighted by atomic mass is 35.5. The molecule has 0 atom stereocenters. The van der Waals surface area contributed by atoms with Gasteiger partial charge in [0.05, 0.1) is 22.0 Å². The number of hydrogen-bond donors (Lipinski definition) is 0. The summed E-state index contributed by atoms with van der Waals surface area (Å²) in [5.74, 6) is -3.18. The standard InChI is InChI=1S/C14H6Cl4O4/c15-5-1-7(13(19)20)11(9(17)3-5)12-8(14(21)22)2-6(16)4-10(12)18/h1-4H,(H,19,20)(H,21,22)/p-2. The molecule has 0 aromatic heterocycles. The predicted molar refractivity (Wildman–Crippen MR) is 80.6 cm³/mol. The van der Waals surface area contributed by atoms with Crippen molar-refractivity contribution in [2.75, 3.05) is 0 Å². The molecule has 0 radical (unpaired) electrons. The predicted octanol–water partition coefficient (Wildman–Crippen LogP) is 2.69. The number of carbonyl (C=O) groups is 2. The van der Waals surface area contributed by atoms with Gasteiger partial charge in [0, 0.05) is 32.3 Å². The van der Waals surface area contributed by atoms with Gasteiger partial charge >= 0.3 is 0 Å².